The summed E-state index contributed by atoms with van der Waals surface area (Å²) < 4.78 is 12.9. The molecule has 0 unspecified atom stereocenters. The first kappa shape index (κ1) is 14.7. The summed E-state index contributed by atoms with van der Waals surface area (Å²) in [6, 6.07) is 10.9. The fourth-order valence-corrected chi connectivity index (χ4v) is 3.16. The molecule has 0 radical (unpaired) electrons. The second kappa shape index (κ2) is 5.86. The Balaban J connectivity index is 1.62. The van der Waals surface area contributed by atoms with Gasteiger partial charge in [-0.15, -0.1) is 0 Å². The van der Waals surface area contributed by atoms with E-state index in [0.29, 0.717) is 17.0 Å². The van der Waals surface area contributed by atoms with Gasteiger partial charge in [0.25, 0.3) is 0 Å². The SMILES string of the molecule is Cc1cc(Cl)c(NC2CC(c3ccc(F)cc3)C2)cc1Cl. The predicted molar refractivity (Wildman–Crippen MR) is 87.0 cm³/mol. The molecule has 1 fully saturated rings. The van der Waals surface area contributed by atoms with Gasteiger partial charge >= 0.3 is 0 Å². The van der Waals surface area contributed by atoms with Crippen molar-refractivity contribution in [3.8, 4) is 0 Å². The van der Waals surface area contributed by atoms with Crippen LogP contribution in [0.1, 0.15) is 29.9 Å². The van der Waals surface area contributed by atoms with Gasteiger partial charge in [0, 0.05) is 11.1 Å². The lowest BCUT2D eigenvalue weighted by Crippen LogP contribution is -2.34. The minimum atomic E-state index is -0.186. The first-order chi connectivity index (χ1) is 10.0. The highest BCUT2D eigenvalue weighted by Gasteiger charge is 2.30. The summed E-state index contributed by atoms with van der Waals surface area (Å²) in [6.07, 6.45) is 2.04. The van der Waals surface area contributed by atoms with Crippen LogP contribution in [-0.2, 0) is 0 Å². The van der Waals surface area contributed by atoms with Gasteiger partial charge in [0.05, 0.1) is 10.7 Å². The third kappa shape index (κ3) is 3.17. The molecule has 0 aliphatic heterocycles. The van der Waals surface area contributed by atoms with Crippen LogP contribution in [0.5, 0.6) is 0 Å². The van der Waals surface area contributed by atoms with E-state index in [1.165, 1.54) is 17.7 Å². The molecule has 1 aliphatic carbocycles. The molecule has 0 atom stereocenters. The molecule has 110 valence electrons. The standard InChI is InChI=1S/C17H16Cl2FN/c1-10-6-16(19)17(9-15(10)18)21-14-7-12(8-14)11-2-4-13(20)5-3-11/h2-6,9,12,14,21H,7-8H2,1H3. The van der Waals surface area contributed by atoms with Crippen LogP contribution in [0.15, 0.2) is 36.4 Å². The summed E-state index contributed by atoms with van der Waals surface area (Å²) >= 11 is 12.4. The molecule has 2 aromatic carbocycles. The number of halogens is 3. The van der Waals surface area contributed by atoms with Crippen LogP contribution < -0.4 is 5.32 Å². The maximum absolute atomic E-state index is 12.9. The first-order valence-corrected chi connectivity index (χ1v) is 7.76. The normalized spacial score (nSPS) is 21.0. The van der Waals surface area contributed by atoms with E-state index in [-0.39, 0.29) is 5.82 Å². The van der Waals surface area contributed by atoms with E-state index in [9.17, 15) is 4.39 Å². The molecule has 1 nitrogen and oxygen atoms in total. The third-order valence-corrected chi connectivity index (χ3v) is 4.81. The lowest BCUT2D eigenvalue weighted by molar-refractivity contribution is 0.374. The summed E-state index contributed by atoms with van der Waals surface area (Å²) in [6.45, 7) is 1.94. The molecule has 0 saturated heterocycles. The van der Waals surface area contributed by atoms with E-state index in [4.69, 9.17) is 23.2 Å². The van der Waals surface area contributed by atoms with Gasteiger partial charge in [0.1, 0.15) is 5.82 Å². The third-order valence-electron chi connectivity index (χ3n) is 4.09. The molecule has 3 rings (SSSR count). The van der Waals surface area contributed by atoms with Crippen molar-refractivity contribution in [2.45, 2.75) is 31.7 Å². The fraction of sp³-hybridized carbons (Fsp3) is 0.294. The van der Waals surface area contributed by atoms with Crippen molar-refractivity contribution in [2.75, 3.05) is 5.32 Å². The fourth-order valence-electron chi connectivity index (χ4n) is 2.72. The van der Waals surface area contributed by atoms with Crippen molar-refractivity contribution in [1.82, 2.24) is 0 Å². The molecule has 0 aromatic heterocycles. The van der Waals surface area contributed by atoms with Crippen LogP contribution in [-0.4, -0.2) is 6.04 Å². The van der Waals surface area contributed by atoms with Crippen molar-refractivity contribution in [1.29, 1.82) is 0 Å². The van der Waals surface area contributed by atoms with E-state index in [1.807, 2.05) is 31.2 Å². The van der Waals surface area contributed by atoms with E-state index >= 15 is 0 Å². The van der Waals surface area contributed by atoms with Crippen LogP contribution in [0.2, 0.25) is 10.0 Å². The zero-order valence-electron chi connectivity index (χ0n) is 11.7. The Hall–Kier alpha value is -1.25. The second-order valence-electron chi connectivity index (χ2n) is 5.64. The van der Waals surface area contributed by atoms with Gasteiger partial charge in [-0.3, -0.25) is 0 Å². The van der Waals surface area contributed by atoms with Crippen LogP contribution in [0.3, 0.4) is 0 Å². The molecule has 0 spiro atoms. The Kier molecular flexibility index (Phi) is 4.10. The number of anilines is 1. The predicted octanol–water partition coefficient (Wildman–Crippen LogP) is 5.80. The molecule has 0 bridgehead atoms. The topological polar surface area (TPSA) is 12.0 Å². The number of benzene rings is 2. The molecule has 21 heavy (non-hydrogen) atoms. The van der Waals surface area contributed by atoms with Gasteiger partial charge in [-0.25, -0.2) is 4.39 Å². The van der Waals surface area contributed by atoms with Crippen LogP contribution in [0.4, 0.5) is 10.1 Å². The van der Waals surface area contributed by atoms with Gasteiger partial charge in [-0.1, -0.05) is 35.3 Å². The zero-order valence-corrected chi connectivity index (χ0v) is 13.2. The number of hydrogen-bond acceptors (Lipinski definition) is 1. The van der Waals surface area contributed by atoms with Crippen LogP contribution in [0, 0.1) is 12.7 Å². The second-order valence-corrected chi connectivity index (χ2v) is 6.46. The molecule has 0 amide bonds. The molecular formula is C17H16Cl2FN. The smallest absolute Gasteiger partial charge is 0.123 e. The van der Waals surface area contributed by atoms with Gasteiger partial charge < -0.3 is 5.32 Å². The van der Waals surface area contributed by atoms with Crippen molar-refractivity contribution >= 4 is 28.9 Å². The van der Waals surface area contributed by atoms with Crippen molar-refractivity contribution < 1.29 is 4.39 Å². The molecule has 2 aromatic rings. The highest BCUT2D eigenvalue weighted by atomic mass is 35.5. The van der Waals surface area contributed by atoms with Gasteiger partial charge in [-0.2, -0.15) is 0 Å². The maximum Gasteiger partial charge on any atom is 0.123 e. The van der Waals surface area contributed by atoms with E-state index in [2.05, 4.69) is 5.32 Å². The van der Waals surface area contributed by atoms with Gasteiger partial charge in [0.2, 0.25) is 0 Å². The summed E-state index contributed by atoms with van der Waals surface area (Å²) in [4.78, 5) is 0. The summed E-state index contributed by atoms with van der Waals surface area (Å²) in [5.74, 6) is 0.302. The molecular weight excluding hydrogens is 308 g/mol. The summed E-state index contributed by atoms with van der Waals surface area (Å²) in [7, 11) is 0. The number of nitrogens with one attached hydrogen (secondary N) is 1. The number of rotatable bonds is 3. The lowest BCUT2D eigenvalue weighted by atomic mass is 9.76. The highest BCUT2D eigenvalue weighted by Crippen LogP contribution is 2.40. The van der Waals surface area contributed by atoms with Crippen molar-refractivity contribution in [3.05, 3.63) is 63.4 Å². The Morgan fingerprint density at radius 1 is 1.05 bits per heavy atom. The molecule has 1 aliphatic rings. The lowest BCUT2D eigenvalue weighted by Gasteiger charge is -2.37. The minimum absolute atomic E-state index is 0.186. The Morgan fingerprint density at radius 3 is 2.38 bits per heavy atom. The van der Waals surface area contributed by atoms with E-state index < -0.39 is 0 Å². The van der Waals surface area contributed by atoms with E-state index in [1.54, 1.807) is 0 Å². The molecule has 1 saturated carbocycles. The number of hydrogen-bond donors (Lipinski definition) is 1. The minimum Gasteiger partial charge on any atom is -0.381 e. The monoisotopic (exact) mass is 323 g/mol. The van der Waals surface area contributed by atoms with Crippen LogP contribution >= 0.6 is 23.2 Å². The van der Waals surface area contributed by atoms with Crippen LogP contribution in [0.25, 0.3) is 0 Å². The largest absolute Gasteiger partial charge is 0.381 e. The maximum atomic E-state index is 12.9. The molecule has 4 heteroatoms. The summed E-state index contributed by atoms with van der Waals surface area (Å²) in [5, 5.41) is 4.85. The highest BCUT2D eigenvalue weighted by molar-refractivity contribution is 6.35. The average Bonchev–Trinajstić information content (AvgIpc) is 2.40. The van der Waals surface area contributed by atoms with Gasteiger partial charge in [-0.05, 0) is 61.1 Å². The molecule has 0 heterocycles. The average molecular weight is 324 g/mol. The number of aryl methyl sites for hydroxylation is 1. The Bertz CT molecular complexity index is 649. The summed E-state index contributed by atoms with van der Waals surface area (Å²) in [5.41, 5.74) is 3.06. The van der Waals surface area contributed by atoms with Crippen molar-refractivity contribution in [2.24, 2.45) is 0 Å². The Morgan fingerprint density at radius 2 is 1.71 bits per heavy atom. The van der Waals surface area contributed by atoms with E-state index in [0.717, 1.165) is 29.1 Å². The van der Waals surface area contributed by atoms with Crippen molar-refractivity contribution in [3.63, 3.8) is 0 Å². The first-order valence-electron chi connectivity index (χ1n) is 7.00. The zero-order chi connectivity index (χ0) is 15.0. The quantitative estimate of drug-likeness (QED) is 0.752. The molecule has 1 N–H and O–H groups in total. The van der Waals surface area contributed by atoms with Gasteiger partial charge in [0.15, 0.2) is 0 Å². The Labute approximate surface area is 134 Å².